The van der Waals surface area contributed by atoms with Crippen molar-refractivity contribution in [1.29, 1.82) is 5.26 Å². The first-order chi connectivity index (χ1) is 8.24. The van der Waals surface area contributed by atoms with Crippen LogP contribution in [-0.4, -0.2) is 25.0 Å². The van der Waals surface area contributed by atoms with Gasteiger partial charge in [0.2, 0.25) is 5.91 Å². The molecule has 1 aliphatic rings. The first-order valence-electron chi connectivity index (χ1n) is 5.40. The average molecular weight is 250 g/mol. The molecule has 1 saturated heterocycles. The minimum absolute atomic E-state index is 0.0918. The first-order valence-corrected chi connectivity index (χ1v) is 5.78. The molecule has 0 bridgehead atoms. The van der Waals surface area contributed by atoms with Crippen molar-refractivity contribution in [3.63, 3.8) is 0 Å². The third-order valence-electron chi connectivity index (χ3n) is 2.73. The third kappa shape index (κ3) is 2.41. The Balaban J connectivity index is 2.25. The van der Waals surface area contributed by atoms with Gasteiger partial charge in [-0.05, 0) is 12.1 Å². The molecule has 17 heavy (non-hydrogen) atoms. The van der Waals surface area contributed by atoms with E-state index in [1.165, 1.54) is 0 Å². The normalized spacial score (nSPS) is 20.1. The van der Waals surface area contributed by atoms with E-state index in [9.17, 15) is 4.79 Å². The number of benzene rings is 1. The minimum atomic E-state index is -0.426. The molecule has 1 amide bonds. The van der Waals surface area contributed by atoms with Crippen molar-refractivity contribution in [2.24, 2.45) is 0 Å². The Morgan fingerprint density at radius 2 is 2.29 bits per heavy atom. The van der Waals surface area contributed by atoms with Gasteiger partial charge in [0.25, 0.3) is 0 Å². The SMILES string of the molecule is N#CCC1NCCN(c2ccccc2Cl)C1=O. The molecule has 5 heteroatoms. The van der Waals surface area contributed by atoms with Gasteiger partial charge in [0.05, 0.1) is 23.2 Å². The summed E-state index contributed by atoms with van der Waals surface area (Å²) in [6.07, 6.45) is 0.180. The van der Waals surface area contributed by atoms with E-state index in [-0.39, 0.29) is 12.3 Å². The highest BCUT2D eigenvalue weighted by atomic mass is 35.5. The maximum Gasteiger partial charge on any atom is 0.245 e. The van der Waals surface area contributed by atoms with Gasteiger partial charge in [0.15, 0.2) is 0 Å². The van der Waals surface area contributed by atoms with Crippen LogP contribution in [0.15, 0.2) is 24.3 Å². The van der Waals surface area contributed by atoms with Gasteiger partial charge >= 0.3 is 0 Å². The number of halogens is 1. The Hall–Kier alpha value is -1.57. The summed E-state index contributed by atoms with van der Waals surface area (Å²) in [7, 11) is 0. The highest BCUT2D eigenvalue weighted by molar-refractivity contribution is 6.33. The Labute approximate surface area is 105 Å². The molecule has 0 spiro atoms. The number of hydrogen-bond donors (Lipinski definition) is 1. The highest BCUT2D eigenvalue weighted by Crippen LogP contribution is 2.26. The number of nitrogens with zero attached hydrogens (tertiary/aromatic N) is 2. The second kappa shape index (κ2) is 5.17. The van der Waals surface area contributed by atoms with Crippen molar-refractivity contribution in [3.8, 4) is 6.07 Å². The van der Waals surface area contributed by atoms with E-state index in [0.717, 1.165) is 0 Å². The number of nitriles is 1. The standard InChI is InChI=1S/C12H12ClN3O/c13-9-3-1-2-4-11(9)16-8-7-15-10(5-6-14)12(16)17/h1-4,10,15H,5,7-8H2. The number of nitrogens with one attached hydrogen (secondary N) is 1. The minimum Gasteiger partial charge on any atom is -0.308 e. The first kappa shape index (κ1) is 11.9. The van der Waals surface area contributed by atoms with E-state index in [4.69, 9.17) is 16.9 Å². The number of carbonyl (C=O) groups is 1. The number of rotatable bonds is 2. The summed E-state index contributed by atoms with van der Waals surface area (Å²) in [6.45, 7) is 1.24. The summed E-state index contributed by atoms with van der Waals surface area (Å²) in [6, 6.07) is 8.82. The lowest BCUT2D eigenvalue weighted by atomic mass is 10.1. The number of para-hydroxylation sites is 1. The summed E-state index contributed by atoms with van der Waals surface area (Å²) in [5.74, 6) is -0.0918. The van der Waals surface area contributed by atoms with Gasteiger partial charge in [-0.2, -0.15) is 5.26 Å². The van der Waals surface area contributed by atoms with Crippen molar-refractivity contribution in [2.45, 2.75) is 12.5 Å². The zero-order valence-electron chi connectivity index (χ0n) is 9.19. The Kier molecular flexibility index (Phi) is 3.62. The van der Waals surface area contributed by atoms with Gasteiger partial charge in [-0.15, -0.1) is 0 Å². The lowest BCUT2D eigenvalue weighted by molar-refractivity contribution is -0.121. The van der Waals surface area contributed by atoms with Crippen LogP contribution in [0.1, 0.15) is 6.42 Å². The van der Waals surface area contributed by atoms with E-state index in [2.05, 4.69) is 5.32 Å². The van der Waals surface area contributed by atoms with E-state index >= 15 is 0 Å². The van der Waals surface area contributed by atoms with E-state index in [1.54, 1.807) is 11.0 Å². The lowest BCUT2D eigenvalue weighted by Crippen LogP contribution is -2.55. The van der Waals surface area contributed by atoms with E-state index in [0.29, 0.717) is 23.8 Å². The predicted octanol–water partition coefficient (Wildman–Crippen LogP) is 1.56. The molecular weight excluding hydrogens is 238 g/mol. The molecule has 1 atom stereocenters. The number of anilines is 1. The van der Waals surface area contributed by atoms with Gasteiger partial charge in [-0.1, -0.05) is 23.7 Å². The molecule has 1 N–H and O–H groups in total. The average Bonchev–Trinajstić information content (AvgIpc) is 2.33. The van der Waals surface area contributed by atoms with Crippen molar-refractivity contribution < 1.29 is 4.79 Å². The molecular formula is C12H12ClN3O. The molecule has 0 saturated carbocycles. The van der Waals surface area contributed by atoms with Gasteiger partial charge < -0.3 is 10.2 Å². The fourth-order valence-electron chi connectivity index (χ4n) is 1.90. The molecule has 1 aromatic rings. The van der Waals surface area contributed by atoms with Crippen LogP contribution in [0.25, 0.3) is 0 Å². The van der Waals surface area contributed by atoms with Crippen molar-refractivity contribution in [3.05, 3.63) is 29.3 Å². The molecule has 1 aliphatic heterocycles. The smallest absolute Gasteiger partial charge is 0.245 e. The van der Waals surface area contributed by atoms with Crippen LogP contribution in [0.4, 0.5) is 5.69 Å². The van der Waals surface area contributed by atoms with Crippen LogP contribution in [0.5, 0.6) is 0 Å². The fraction of sp³-hybridized carbons (Fsp3) is 0.333. The molecule has 88 valence electrons. The van der Waals surface area contributed by atoms with Crippen LogP contribution in [0.3, 0.4) is 0 Å². The van der Waals surface area contributed by atoms with Crippen LogP contribution >= 0.6 is 11.6 Å². The summed E-state index contributed by atoms with van der Waals surface area (Å²) < 4.78 is 0. The maximum atomic E-state index is 12.1. The Morgan fingerprint density at radius 3 is 3.00 bits per heavy atom. The topological polar surface area (TPSA) is 56.1 Å². The van der Waals surface area contributed by atoms with E-state index in [1.807, 2.05) is 24.3 Å². The van der Waals surface area contributed by atoms with E-state index < -0.39 is 6.04 Å². The quantitative estimate of drug-likeness (QED) is 0.865. The molecule has 0 aromatic heterocycles. The number of piperazine rings is 1. The van der Waals surface area contributed by atoms with Crippen LogP contribution in [-0.2, 0) is 4.79 Å². The Morgan fingerprint density at radius 1 is 1.53 bits per heavy atom. The summed E-state index contributed by atoms with van der Waals surface area (Å²) in [5.41, 5.74) is 0.712. The third-order valence-corrected chi connectivity index (χ3v) is 3.05. The van der Waals surface area contributed by atoms with Crippen molar-refractivity contribution >= 4 is 23.2 Å². The molecule has 2 rings (SSSR count). The number of amides is 1. The van der Waals surface area contributed by atoms with Crippen LogP contribution in [0, 0.1) is 11.3 Å². The molecule has 1 aromatic carbocycles. The van der Waals surface area contributed by atoms with Crippen LogP contribution < -0.4 is 10.2 Å². The number of carbonyl (C=O) groups excluding carboxylic acids is 1. The highest BCUT2D eigenvalue weighted by Gasteiger charge is 2.29. The van der Waals surface area contributed by atoms with Gasteiger partial charge in [0.1, 0.15) is 6.04 Å². The molecule has 1 fully saturated rings. The zero-order valence-corrected chi connectivity index (χ0v) is 9.94. The van der Waals surface area contributed by atoms with Crippen molar-refractivity contribution in [2.75, 3.05) is 18.0 Å². The molecule has 1 heterocycles. The van der Waals surface area contributed by atoms with Gasteiger partial charge in [-0.25, -0.2) is 0 Å². The fourth-order valence-corrected chi connectivity index (χ4v) is 2.13. The molecule has 1 unspecified atom stereocenters. The second-order valence-corrected chi connectivity index (χ2v) is 4.22. The van der Waals surface area contributed by atoms with Gasteiger partial charge in [-0.3, -0.25) is 4.79 Å². The molecule has 4 nitrogen and oxygen atoms in total. The maximum absolute atomic E-state index is 12.1. The Bertz CT molecular complexity index is 469. The lowest BCUT2D eigenvalue weighted by Gasteiger charge is -2.32. The summed E-state index contributed by atoms with van der Waals surface area (Å²) in [4.78, 5) is 13.8. The van der Waals surface area contributed by atoms with Crippen molar-refractivity contribution in [1.82, 2.24) is 5.32 Å². The number of hydrogen-bond acceptors (Lipinski definition) is 3. The largest absolute Gasteiger partial charge is 0.308 e. The monoisotopic (exact) mass is 249 g/mol. The van der Waals surface area contributed by atoms with Crippen LogP contribution in [0.2, 0.25) is 5.02 Å². The predicted molar refractivity (Wildman–Crippen MR) is 65.8 cm³/mol. The summed E-state index contributed by atoms with van der Waals surface area (Å²) in [5, 5.41) is 12.2. The second-order valence-electron chi connectivity index (χ2n) is 3.81. The molecule has 0 aliphatic carbocycles. The van der Waals surface area contributed by atoms with Gasteiger partial charge in [0, 0.05) is 13.1 Å². The zero-order chi connectivity index (χ0) is 12.3. The summed E-state index contributed by atoms with van der Waals surface area (Å²) >= 11 is 6.07. The molecule has 0 radical (unpaired) electrons.